The number of para-hydroxylation sites is 1. The molecule has 2 aromatic heterocycles. The molecule has 2 aromatic carbocycles. The van der Waals surface area contributed by atoms with E-state index in [2.05, 4.69) is 15.4 Å². The average Bonchev–Trinajstić information content (AvgIpc) is 3.17. The van der Waals surface area contributed by atoms with Crippen molar-refractivity contribution in [3.63, 3.8) is 0 Å². The van der Waals surface area contributed by atoms with Gasteiger partial charge in [-0.25, -0.2) is 14.5 Å². The molecule has 0 aliphatic carbocycles. The normalized spacial score (nSPS) is 16.8. The Morgan fingerprint density at radius 3 is 2.59 bits per heavy atom. The third kappa shape index (κ3) is 3.40. The van der Waals surface area contributed by atoms with Gasteiger partial charge in [-0.05, 0) is 55.8 Å². The van der Waals surface area contributed by atoms with Crippen molar-refractivity contribution in [3.8, 4) is 22.8 Å². The maximum Gasteiger partial charge on any atom is 0.153 e. The van der Waals surface area contributed by atoms with Gasteiger partial charge in [0.15, 0.2) is 5.82 Å². The molecule has 0 spiro atoms. The molecule has 29 heavy (non-hydrogen) atoms. The predicted molar refractivity (Wildman–Crippen MR) is 112 cm³/mol. The van der Waals surface area contributed by atoms with Crippen LogP contribution in [0.4, 0.5) is 5.82 Å². The third-order valence-corrected chi connectivity index (χ3v) is 5.25. The Morgan fingerprint density at radius 2 is 1.83 bits per heavy atom. The van der Waals surface area contributed by atoms with E-state index in [1.807, 2.05) is 59.1 Å². The largest absolute Gasteiger partial charge is 0.457 e. The summed E-state index contributed by atoms with van der Waals surface area (Å²) in [6.07, 6.45) is 3.70. The first-order chi connectivity index (χ1) is 14.3. The molecule has 1 fully saturated rings. The number of anilines is 1. The lowest BCUT2D eigenvalue weighted by atomic mass is 9.99. The maximum absolute atomic E-state index is 6.22. The average molecular weight is 386 g/mol. The molecule has 7 nitrogen and oxygen atoms in total. The summed E-state index contributed by atoms with van der Waals surface area (Å²) in [5.74, 6) is 3.24. The first-order valence-corrected chi connectivity index (χ1v) is 9.83. The number of piperidine rings is 1. The van der Waals surface area contributed by atoms with E-state index in [1.54, 1.807) is 0 Å². The van der Waals surface area contributed by atoms with Crippen LogP contribution in [0.5, 0.6) is 11.5 Å². The summed E-state index contributed by atoms with van der Waals surface area (Å²) in [5.41, 5.74) is 8.73. The predicted octanol–water partition coefficient (Wildman–Crippen LogP) is 3.63. The molecule has 4 aromatic rings. The van der Waals surface area contributed by atoms with Gasteiger partial charge in [-0.1, -0.05) is 18.2 Å². The molecule has 0 amide bonds. The lowest BCUT2D eigenvalue weighted by molar-refractivity contribution is 0.441. The van der Waals surface area contributed by atoms with Gasteiger partial charge in [0, 0.05) is 18.0 Å². The van der Waals surface area contributed by atoms with Crippen LogP contribution in [0, 0.1) is 0 Å². The molecule has 146 valence electrons. The van der Waals surface area contributed by atoms with Gasteiger partial charge >= 0.3 is 0 Å². The standard InChI is InChI=1S/C22H22N6O/c23-21-20-19(15-8-10-18(11-9-15)29-17-6-2-1-3-7-17)27-22(28(20)26-14-25-21)16-5-4-12-24-13-16/h1-3,6-11,14,16,24H,4-5,12-13H2,(H2,23,25,26). The third-order valence-electron chi connectivity index (χ3n) is 5.25. The maximum atomic E-state index is 6.22. The minimum absolute atomic E-state index is 0.306. The topological polar surface area (TPSA) is 90.4 Å². The monoisotopic (exact) mass is 386 g/mol. The van der Waals surface area contributed by atoms with Crippen molar-refractivity contribution in [3.05, 3.63) is 66.7 Å². The van der Waals surface area contributed by atoms with Crippen molar-refractivity contribution in [2.24, 2.45) is 0 Å². The van der Waals surface area contributed by atoms with E-state index in [4.69, 9.17) is 15.5 Å². The Labute approximate surface area is 168 Å². The highest BCUT2D eigenvalue weighted by molar-refractivity contribution is 5.85. The zero-order chi connectivity index (χ0) is 19.6. The molecule has 3 N–H and O–H groups in total. The van der Waals surface area contributed by atoms with E-state index < -0.39 is 0 Å². The van der Waals surface area contributed by atoms with E-state index in [0.29, 0.717) is 11.7 Å². The lowest BCUT2D eigenvalue weighted by Crippen LogP contribution is -2.29. The fourth-order valence-electron chi connectivity index (χ4n) is 3.82. The van der Waals surface area contributed by atoms with Crippen LogP contribution in [0.15, 0.2) is 60.9 Å². The van der Waals surface area contributed by atoms with Crippen molar-refractivity contribution in [1.82, 2.24) is 24.9 Å². The molecule has 7 heteroatoms. The number of hydrogen-bond acceptors (Lipinski definition) is 6. The van der Waals surface area contributed by atoms with Gasteiger partial charge < -0.3 is 15.8 Å². The van der Waals surface area contributed by atoms with Crippen LogP contribution in [-0.4, -0.2) is 32.7 Å². The number of nitrogens with one attached hydrogen (secondary N) is 1. The summed E-state index contributed by atoms with van der Waals surface area (Å²) in [6.45, 7) is 1.94. The fraction of sp³-hybridized carbons (Fsp3) is 0.227. The van der Waals surface area contributed by atoms with Crippen LogP contribution >= 0.6 is 0 Å². The highest BCUT2D eigenvalue weighted by atomic mass is 16.5. The Kier molecular flexibility index (Phi) is 4.57. The molecule has 0 saturated carbocycles. The number of aromatic nitrogens is 4. The first-order valence-electron chi connectivity index (χ1n) is 9.83. The van der Waals surface area contributed by atoms with Crippen LogP contribution in [0.2, 0.25) is 0 Å². The molecule has 1 atom stereocenters. The second kappa shape index (κ2) is 7.52. The van der Waals surface area contributed by atoms with Crippen molar-refractivity contribution in [1.29, 1.82) is 0 Å². The number of nitrogen functional groups attached to an aromatic ring is 1. The van der Waals surface area contributed by atoms with E-state index in [1.165, 1.54) is 6.33 Å². The Morgan fingerprint density at radius 1 is 1.03 bits per heavy atom. The zero-order valence-electron chi connectivity index (χ0n) is 16.0. The molecule has 1 aliphatic rings. The minimum Gasteiger partial charge on any atom is -0.457 e. The van der Waals surface area contributed by atoms with Gasteiger partial charge in [0.1, 0.15) is 34.9 Å². The SMILES string of the molecule is Nc1ncnn2c(C3CCCNC3)nc(-c3ccc(Oc4ccccc4)cc3)c12. The number of ether oxygens (including phenoxy) is 1. The first kappa shape index (κ1) is 17.6. The number of fused-ring (bicyclic) bond motifs is 1. The van der Waals surface area contributed by atoms with E-state index in [9.17, 15) is 0 Å². The summed E-state index contributed by atoms with van der Waals surface area (Å²) in [6, 6.07) is 17.6. The van der Waals surface area contributed by atoms with Crippen LogP contribution in [0.3, 0.4) is 0 Å². The lowest BCUT2D eigenvalue weighted by Gasteiger charge is -2.21. The Balaban J connectivity index is 1.52. The van der Waals surface area contributed by atoms with Gasteiger partial charge in [0.05, 0.1) is 0 Å². The Bertz CT molecular complexity index is 1120. The molecule has 1 unspecified atom stereocenters. The molecular formula is C22H22N6O. The number of nitrogens with zero attached hydrogens (tertiary/aromatic N) is 4. The van der Waals surface area contributed by atoms with E-state index >= 15 is 0 Å². The smallest absolute Gasteiger partial charge is 0.153 e. The number of rotatable bonds is 4. The number of hydrogen-bond donors (Lipinski definition) is 2. The molecular weight excluding hydrogens is 364 g/mol. The molecule has 0 bridgehead atoms. The fourth-order valence-corrected chi connectivity index (χ4v) is 3.82. The quantitative estimate of drug-likeness (QED) is 0.557. The molecule has 1 aliphatic heterocycles. The van der Waals surface area contributed by atoms with Gasteiger partial charge in [-0.15, -0.1) is 0 Å². The van der Waals surface area contributed by atoms with Crippen molar-refractivity contribution in [2.45, 2.75) is 18.8 Å². The summed E-state index contributed by atoms with van der Waals surface area (Å²) in [7, 11) is 0. The van der Waals surface area contributed by atoms with E-state index in [0.717, 1.165) is 60.0 Å². The molecule has 0 radical (unpaired) electrons. The van der Waals surface area contributed by atoms with Crippen LogP contribution in [0.25, 0.3) is 16.8 Å². The van der Waals surface area contributed by atoms with Crippen molar-refractivity contribution >= 4 is 11.3 Å². The zero-order valence-corrected chi connectivity index (χ0v) is 16.0. The van der Waals surface area contributed by atoms with Gasteiger partial charge in [-0.3, -0.25) is 0 Å². The van der Waals surface area contributed by atoms with Crippen LogP contribution in [0.1, 0.15) is 24.6 Å². The second-order valence-corrected chi connectivity index (χ2v) is 7.21. The number of benzene rings is 2. The van der Waals surface area contributed by atoms with Gasteiger partial charge in [0.2, 0.25) is 0 Å². The van der Waals surface area contributed by atoms with E-state index in [-0.39, 0.29) is 0 Å². The molecule has 5 rings (SSSR count). The van der Waals surface area contributed by atoms with Gasteiger partial charge in [0.25, 0.3) is 0 Å². The molecule has 3 heterocycles. The molecule has 1 saturated heterocycles. The van der Waals surface area contributed by atoms with Crippen LogP contribution < -0.4 is 15.8 Å². The summed E-state index contributed by atoms with van der Waals surface area (Å²) >= 11 is 0. The van der Waals surface area contributed by atoms with Crippen molar-refractivity contribution in [2.75, 3.05) is 18.8 Å². The highest BCUT2D eigenvalue weighted by Crippen LogP contribution is 2.33. The van der Waals surface area contributed by atoms with Gasteiger partial charge in [-0.2, -0.15) is 5.10 Å². The summed E-state index contributed by atoms with van der Waals surface area (Å²) in [4.78, 5) is 9.15. The minimum atomic E-state index is 0.306. The highest BCUT2D eigenvalue weighted by Gasteiger charge is 2.24. The summed E-state index contributed by atoms with van der Waals surface area (Å²) in [5, 5.41) is 7.90. The number of imidazole rings is 1. The second-order valence-electron chi connectivity index (χ2n) is 7.21. The Hall–Kier alpha value is -3.45. The summed E-state index contributed by atoms with van der Waals surface area (Å²) < 4.78 is 7.75. The number of nitrogens with two attached hydrogens (primary N) is 1. The van der Waals surface area contributed by atoms with Crippen molar-refractivity contribution < 1.29 is 4.74 Å². The van der Waals surface area contributed by atoms with Crippen LogP contribution in [-0.2, 0) is 0 Å².